The van der Waals surface area contributed by atoms with Crippen LogP contribution in [0, 0.1) is 5.82 Å². The van der Waals surface area contributed by atoms with Crippen LogP contribution in [-0.2, 0) is 11.3 Å². The molecular weight excluding hydrogens is 235 g/mol. The fourth-order valence-electron chi connectivity index (χ4n) is 1.43. The summed E-state index contributed by atoms with van der Waals surface area (Å²) in [5.74, 6) is -0.371. The Morgan fingerprint density at radius 3 is 2.61 bits per heavy atom. The van der Waals surface area contributed by atoms with E-state index in [-0.39, 0.29) is 24.6 Å². The van der Waals surface area contributed by atoms with Gasteiger partial charge in [0.1, 0.15) is 11.6 Å². The number of nitrogens with one attached hydrogen (secondary N) is 1. The standard InChI is InChI=1S/C13H19FN2O2/c1-13(2,3)16-12(17)8-18-11-5-9(7-15)4-10(14)6-11/h4-6H,7-8,15H2,1-3H3,(H,16,17). The molecule has 0 spiro atoms. The highest BCUT2D eigenvalue weighted by atomic mass is 19.1. The Kier molecular flexibility index (Phi) is 4.67. The Bertz CT molecular complexity index is 427. The molecule has 5 heteroatoms. The largest absolute Gasteiger partial charge is 0.484 e. The van der Waals surface area contributed by atoms with Crippen LogP contribution in [0.2, 0.25) is 0 Å². The second-order valence-corrected chi connectivity index (χ2v) is 5.09. The number of halogens is 1. The van der Waals surface area contributed by atoms with Crippen molar-refractivity contribution in [1.29, 1.82) is 0 Å². The van der Waals surface area contributed by atoms with Crippen molar-refractivity contribution in [2.45, 2.75) is 32.9 Å². The van der Waals surface area contributed by atoms with Crippen LogP contribution in [0.3, 0.4) is 0 Å². The van der Waals surface area contributed by atoms with E-state index >= 15 is 0 Å². The highest BCUT2D eigenvalue weighted by molar-refractivity contribution is 5.78. The molecule has 0 aliphatic carbocycles. The summed E-state index contributed by atoms with van der Waals surface area (Å²) in [7, 11) is 0. The third-order valence-electron chi connectivity index (χ3n) is 2.05. The smallest absolute Gasteiger partial charge is 0.258 e. The first-order valence-electron chi connectivity index (χ1n) is 5.73. The fraction of sp³-hybridized carbons (Fsp3) is 0.462. The lowest BCUT2D eigenvalue weighted by molar-refractivity contribution is -0.124. The average Bonchev–Trinajstić information content (AvgIpc) is 2.23. The highest BCUT2D eigenvalue weighted by Crippen LogP contribution is 2.16. The molecule has 0 aliphatic heterocycles. The van der Waals surface area contributed by atoms with Crippen molar-refractivity contribution in [3.8, 4) is 5.75 Å². The first-order valence-corrected chi connectivity index (χ1v) is 5.73. The van der Waals surface area contributed by atoms with E-state index in [9.17, 15) is 9.18 Å². The van der Waals surface area contributed by atoms with Gasteiger partial charge in [-0.25, -0.2) is 4.39 Å². The van der Waals surface area contributed by atoms with Crippen molar-refractivity contribution >= 4 is 5.91 Å². The van der Waals surface area contributed by atoms with Crippen LogP contribution in [0.15, 0.2) is 18.2 Å². The molecule has 1 aromatic carbocycles. The summed E-state index contributed by atoms with van der Waals surface area (Å²) in [5.41, 5.74) is 5.74. The Labute approximate surface area is 106 Å². The number of nitrogens with two attached hydrogens (primary N) is 1. The number of carbonyl (C=O) groups excluding carboxylic acids is 1. The van der Waals surface area contributed by atoms with Gasteiger partial charge in [0.25, 0.3) is 5.91 Å². The van der Waals surface area contributed by atoms with E-state index in [2.05, 4.69) is 5.32 Å². The zero-order valence-electron chi connectivity index (χ0n) is 10.9. The van der Waals surface area contributed by atoms with Crippen LogP contribution in [0.4, 0.5) is 4.39 Å². The molecule has 0 aromatic heterocycles. The number of hydrogen-bond donors (Lipinski definition) is 2. The molecule has 0 aliphatic rings. The van der Waals surface area contributed by atoms with Gasteiger partial charge in [-0.2, -0.15) is 0 Å². The van der Waals surface area contributed by atoms with Crippen LogP contribution < -0.4 is 15.8 Å². The summed E-state index contributed by atoms with van der Waals surface area (Å²) in [6.07, 6.45) is 0. The topological polar surface area (TPSA) is 64.3 Å². The lowest BCUT2D eigenvalue weighted by Gasteiger charge is -2.20. The van der Waals surface area contributed by atoms with Crippen molar-refractivity contribution in [2.75, 3.05) is 6.61 Å². The molecule has 1 rings (SSSR count). The van der Waals surface area contributed by atoms with Crippen molar-refractivity contribution in [3.63, 3.8) is 0 Å². The lowest BCUT2D eigenvalue weighted by atomic mass is 10.1. The van der Waals surface area contributed by atoms with Crippen LogP contribution in [0.1, 0.15) is 26.3 Å². The lowest BCUT2D eigenvalue weighted by Crippen LogP contribution is -2.43. The normalized spacial score (nSPS) is 11.2. The summed E-state index contributed by atoms with van der Waals surface area (Å²) < 4.78 is 18.4. The molecule has 0 heterocycles. The molecule has 3 N–H and O–H groups in total. The Hall–Kier alpha value is -1.62. The summed E-state index contributed by atoms with van der Waals surface area (Å²) in [6, 6.07) is 4.18. The molecule has 100 valence electrons. The van der Waals surface area contributed by atoms with Crippen molar-refractivity contribution in [3.05, 3.63) is 29.6 Å². The van der Waals surface area contributed by atoms with Gasteiger partial charge in [0, 0.05) is 18.2 Å². The predicted molar refractivity (Wildman–Crippen MR) is 67.7 cm³/mol. The van der Waals surface area contributed by atoms with E-state index in [1.165, 1.54) is 12.1 Å². The molecule has 0 unspecified atom stereocenters. The molecule has 0 fully saturated rings. The molecule has 0 atom stereocenters. The minimum absolute atomic E-state index is 0.148. The zero-order valence-corrected chi connectivity index (χ0v) is 10.9. The van der Waals surface area contributed by atoms with Gasteiger partial charge in [0.05, 0.1) is 0 Å². The van der Waals surface area contributed by atoms with E-state index < -0.39 is 5.82 Å². The molecule has 1 amide bonds. The van der Waals surface area contributed by atoms with Crippen LogP contribution in [-0.4, -0.2) is 18.1 Å². The zero-order chi connectivity index (χ0) is 13.8. The minimum Gasteiger partial charge on any atom is -0.484 e. The molecule has 0 saturated heterocycles. The van der Waals surface area contributed by atoms with Gasteiger partial charge >= 0.3 is 0 Å². The molecule has 1 aromatic rings. The Morgan fingerprint density at radius 2 is 2.06 bits per heavy atom. The van der Waals surface area contributed by atoms with Gasteiger partial charge in [-0.05, 0) is 38.5 Å². The van der Waals surface area contributed by atoms with Gasteiger partial charge in [0.2, 0.25) is 0 Å². The number of hydrogen-bond acceptors (Lipinski definition) is 3. The highest BCUT2D eigenvalue weighted by Gasteiger charge is 2.14. The summed E-state index contributed by atoms with van der Waals surface area (Å²) in [5, 5.41) is 2.75. The van der Waals surface area contributed by atoms with Crippen molar-refractivity contribution in [2.24, 2.45) is 5.73 Å². The molecule has 0 radical (unpaired) electrons. The molecule has 0 bridgehead atoms. The first kappa shape index (κ1) is 14.4. The van der Waals surface area contributed by atoms with E-state index in [0.29, 0.717) is 11.3 Å². The monoisotopic (exact) mass is 254 g/mol. The van der Waals surface area contributed by atoms with Crippen LogP contribution >= 0.6 is 0 Å². The quantitative estimate of drug-likeness (QED) is 0.857. The molecule has 4 nitrogen and oxygen atoms in total. The van der Waals surface area contributed by atoms with E-state index in [1.54, 1.807) is 6.07 Å². The van der Waals surface area contributed by atoms with Gasteiger partial charge in [-0.1, -0.05) is 0 Å². The fourth-order valence-corrected chi connectivity index (χ4v) is 1.43. The number of benzene rings is 1. The van der Waals surface area contributed by atoms with Crippen molar-refractivity contribution < 1.29 is 13.9 Å². The second kappa shape index (κ2) is 5.82. The average molecular weight is 254 g/mol. The van der Waals surface area contributed by atoms with Gasteiger partial charge in [-0.3, -0.25) is 4.79 Å². The molecular formula is C13H19FN2O2. The summed E-state index contributed by atoms with van der Waals surface area (Å²) >= 11 is 0. The van der Waals surface area contributed by atoms with Gasteiger partial charge < -0.3 is 15.8 Å². The molecule has 18 heavy (non-hydrogen) atoms. The number of ether oxygens (including phenoxy) is 1. The van der Waals surface area contributed by atoms with E-state index in [1.807, 2.05) is 20.8 Å². The number of carbonyl (C=O) groups is 1. The summed E-state index contributed by atoms with van der Waals surface area (Å²) in [4.78, 5) is 11.5. The van der Waals surface area contributed by atoms with Crippen LogP contribution in [0.25, 0.3) is 0 Å². The van der Waals surface area contributed by atoms with E-state index in [4.69, 9.17) is 10.5 Å². The van der Waals surface area contributed by atoms with Gasteiger partial charge in [0.15, 0.2) is 6.61 Å². The Morgan fingerprint density at radius 1 is 1.39 bits per heavy atom. The second-order valence-electron chi connectivity index (χ2n) is 5.09. The predicted octanol–water partition coefficient (Wildman–Crippen LogP) is 1.58. The van der Waals surface area contributed by atoms with Gasteiger partial charge in [-0.15, -0.1) is 0 Å². The maximum Gasteiger partial charge on any atom is 0.258 e. The third-order valence-corrected chi connectivity index (χ3v) is 2.05. The maximum atomic E-state index is 13.2. The number of rotatable bonds is 4. The third kappa shape index (κ3) is 5.14. The molecule has 0 saturated carbocycles. The van der Waals surface area contributed by atoms with Crippen molar-refractivity contribution in [1.82, 2.24) is 5.32 Å². The Balaban J connectivity index is 2.58. The SMILES string of the molecule is CC(C)(C)NC(=O)COc1cc(F)cc(CN)c1. The summed E-state index contributed by atoms with van der Waals surface area (Å²) in [6.45, 7) is 5.70. The maximum absolute atomic E-state index is 13.2. The van der Waals surface area contributed by atoms with E-state index in [0.717, 1.165) is 0 Å². The first-order chi connectivity index (χ1) is 8.30. The minimum atomic E-state index is -0.427. The van der Waals surface area contributed by atoms with Crippen LogP contribution in [0.5, 0.6) is 5.75 Å². The number of amides is 1.